The van der Waals surface area contributed by atoms with Crippen molar-refractivity contribution in [3.63, 3.8) is 0 Å². The molecule has 24 heteroatoms. The third kappa shape index (κ3) is 5.31. The van der Waals surface area contributed by atoms with Gasteiger partial charge in [0.1, 0.15) is 36.3 Å². The molecule has 4 aromatic rings. The number of rotatable bonds is 2. The van der Waals surface area contributed by atoms with Gasteiger partial charge in [0.2, 0.25) is 5.95 Å². The summed E-state index contributed by atoms with van der Waals surface area (Å²) in [6.45, 7) is -0.815. The van der Waals surface area contributed by atoms with Crippen molar-refractivity contribution < 1.29 is 51.5 Å². The normalized spacial score (nSPS) is 37.7. The summed E-state index contributed by atoms with van der Waals surface area (Å²) in [6.07, 6.45) is -10.7. The van der Waals surface area contributed by atoms with E-state index in [-0.39, 0.29) is 34.1 Å². The Morgan fingerprint density at radius 1 is 0.956 bits per heavy atom. The van der Waals surface area contributed by atoms with Crippen LogP contribution in [0.5, 0.6) is 0 Å². The van der Waals surface area contributed by atoms with E-state index in [0.717, 1.165) is 17.2 Å². The molecule has 2 bridgehead atoms. The fourth-order valence-corrected chi connectivity index (χ4v) is 7.79. The predicted octanol–water partition coefficient (Wildman–Crippen LogP) is -0.906. The van der Waals surface area contributed by atoms with Gasteiger partial charge in [0.15, 0.2) is 41.3 Å². The Morgan fingerprint density at radius 2 is 1.67 bits per heavy atom. The van der Waals surface area contributed by atoms with Gasteiger partial charge in [0, 0.05) is 0 Å². The summed E-state index contributed by atoms with van der Waals surface area (Å²) < 4.78 is 72.1. The number of aromatic nitrogens is 8. The van der Waals surface area contributed by atoms with Crippen LogP contribution in [0.25, 0.3) is 22.3 Å². The fraction of sp³-hybridized carbons (Fsp3) is 0.524. The lowest BCUT2D eigenvalue weighted by Crippen LogP contribution is -2.35. The molecule has 45 heavy (non-hydrogen) atoms. The first kappa shape index (κ1) is 30.2. The van der Waals surface area contributed by atoms with Gasteiger partial charge in [-0.25, -0.2) is 28.9 Å². The zero-order valence-corrected chi connectivity index (χ0v) is 24.4. The monoisotopic (exact) mass is 674 g/mol. The molecule has 0 aromatic carbocycles. The number of fused-ring (bicyclic) bond motifs is 5. The van der Waals surface area contributed by atoms with E-state index < -0.39 is 89.3 Å². The molecule has 0 aliphatic carbocycles. The number of alkyl halides is 1. The van der Waals surface area contributed by atoms with Gasteiger partial charge in [0.05, 0.1) is 31.5 Å². The van der Waals surface area contributed by atoms with Crippen LogP contribution in [-0.2, 0) is 32.2 Å². The molecule has 0 amide bonds. The first-order valence-electron chi connectivity index (χ1n) is 13.3. The number of aliphatic hydroxyl groups is 1. The van der Waals surface area contributed by atoms with Crippen LogP contribution in [-0.4, -0.2) is 103 Å². The molecule has 0 saturated carbocycles. The highest BCUT2D eigenvalue weighted by molar-refractivity contribution is 7.52. The van der Waals surface area contributed by atoms with Crippen LogP contribution >= 0.6 is 15.4 Å². The summed E-state index contributed by atoms with van der Waals surface area (Å²) in [5.74, 6) is -0.252. The average Bonchev–Trinajstić information content (AvgIpc) is 3.72. The topological polar surface area (TPSA) is 300 Å². The molecule has 3 saturated heterocycles. The SMILES string of the molecule is Nc1nc2c(ncn2C2OC3COP(=O)(O)OC4C(CCP(=O)(O)OC2C3O)OC(n2cnc3c(N)ncnc32)C4F)c(=O)[nH]1. The van der Waals surface area contributed by atoms with E-state index in [1.807, 2.05) is 0 Å². The number of hydrogen-bond acceptors (Lipinski definition) is 16. The molecule has 7 heterocycles. The number of hydrogen-bond donors (Lipinski definition) is 6. The lowest BCUT2D eigenvalue weighted by Gasteiger charge is -2.25. The summed E-state index contributed by atoms with van der Waals surface area (Å²) in [4.78, 5) is 56.0. The Morgan fingerprint density at radius 3 is 2.44 bits per heavy atom. The number of nitrogens with zero attached hydrogens (tertiary/aromatic N) is 7. The second-order valence-corrected chi connectivity index (χ2v) is 13.8. The smallest absolute Gasteiger partial charge is 0.387 e. The van der Waals surface area contributed by atoms with Gasteiger partial charge in [-0.1, -0.05) is 0 Å². The van der Waals surface area contributed by atoms with Crippen molar-refractivity contribution >= 4 is 49.5 Å². The quantitative estimate of drug-likeness (QED) is 0.140. The fourth-order valence-electron chi connectivity index (χ4n) is 5.54. The van der Waals surface area contributed by atoms with Crippen molar-refractivity contribution in [2.24, 2.45) is 0 Å². The van der Waals surface area contributed by atoms with Crippen LogP contribution in [0.15, 0.2) is 23.8 Å². The number of nitrogen functional groups attached to an aromatic ring is 2. The van der Waals surface area contributed by atoms with Crippen molar-refractivity contribution in [3.8, 4) is 0 Å². The number of aliphatic hydroxyl groups excluding tert-OH is 1. The Kier molecular flexibility index (Phi) is 7.28. The molecular weight excluding hydrogens is 649 g/mol. The summed E-state index contributed by atoms with van der Waals surface area (Å²) in [7, 11) is -9.74. The molecule has 0 radical (unpaired) electrons. The lowest BCUT2D eigenvalue weighted by molar-refractivity contribution is -0.0549. The number of ether oxygens (including phenoxy) is 2. The van der Waals surface area contributed by atoms with Crippen molar-refractivity contribution in [1.82, 2.24) is 39.0 Å². The van der Waals surface area contributed by atoms with Crippen molar-refractivity contribution in [2.75, 3.05) is 24.2 Å². The standard InChI is InChI=1S/C21H25FN10O11P2/c22-9-13-7(40-19(9)31-5-27-10-15(23)25-4-26-16(10)31)1-2-44(35,36)42-14-12(33)8(3-39-45(37,38)43-13)41-20(14)32-6-28-11-17(32)29-21(24)30-18(11)34/h4-9,12-14,19-20,33H,1-3H2,(H,35,36)(H,37,38)(H2,23,25,26)(H3,24,29,30,34). The molecule has 7 rings (SSSR count). The molecule has 10 unspecified atom stereocenters. The number of nitrogens with two attached hydrogens (primary N) is 2. The van der Waals surface area contributed by atoms with Crippen molar-refractivity contribution in [1.29, 1.82) is 0 Å². The molecule has 0 spiro atoms. The first-order chi connectivity index (χ1) is 21.3. The van der Waals surface area contributed by atoms with Crippen LogP contribution in [0.2, 0.25) is 0 Å². The Labute approximate surface area is 249 Å². The second-order valence-electron chi connectivity index (χ2n) is 10.5. The van der Waals surface area contributed by atoms with Crippen molar-refractivity contribution in [2.45, 2.75) is 55.6 Å². The number of phosphoric ester groups is 1. The van der Waals surface area contributed by atoms with Crippen LogP contribution in [0.1, 0.15) is 18.9 Å². The van der Waals surface area contributed by atoms with Crippen molar-refractivity contribution in [3.05, 3.63) is 29.3 Å². The van der Waals surface area contributed by atoms with E-state index in [1.165, 1.54) is 10.9 Å². The van der Waals surface area contributed by atoms with Gasteiger partial charge in [-0.2, -0.15) is 4.98 Å². The number of phosphoric acid groups is 1. The zero-order valence-electron chi connectivity index (χ0n) is 22.6. The van der Waals surface area contributed by atoms with Crippen LogP contribution in [0.3, 0.4) is 0 Å². The van der Waals surface area contributed by atoms with E-state index in [1.54, 1.807) is 0 Å². The lowest BCUT2D eigenvalue weighted by atomic mass is 10.1. The molecular formula is C21H25FN10O11P2. The van der Waals surface area contributed by atoms with Gasteiger partial charge in [-0.3, -0.25) is 37.0 Å². The zero-order chi connectivity index (χ0) is 31.8. The maximum Gasteiger partial charge on any atom is 0.472 e. The minimum atomic E-state index is -5.09. The number of halogens is 1. The maximum absolute atomic E-state index is 15.9. The van der Waals surface area contributed by atoms with Gasteiger partial charge >= 0.3 is 15.4 Å². The number of aromatic amines is 1. The van der Waals surface area contributed by atoms with Gasteiger partial charge in [-0.05, 0) is 6.42 Å². The van der Waals surface area contributed by atoms with Gasteiger partial charge < -0.3 is 35.8 Å². The first-order valence-corrected chi connectivity index (χ1v) is 16.5. The van der Waals surface area contributed by atoms with Crippen LogP contribution in [0.4, 0.5) is 16.2 Å². The van der Waals surface area contributed by atoms with E-state index in [0.29, 0.717) is 0 Å². The molecule has 10 atom stereocenters. The summed E-state index contributed by atoms with van der Waals surface area (Å²) >= 11 is 0. The second kappa shape index (κ2) is 10.8. The Hall–Kier alpha value is -3.43. The average molecular weight is 674 g/mol. The van der Waals surface area contributed by atoms with E-state index in [2.05, 4.69) is 29.9 Å². The van der Waals surface area contributed by atoms with Crippen LogP contribution < -0.4 is 17.0 Å². The largest absolute Gasteiger partial charge is 0.472 e. The van der Waals surface area contributed by atoms with Gasteiger partial charge in [-0.15, -0.1) is 0 Å². The van der Waals surface area contributed by atoms with E-state index in [9.17, 15) is 28.8 Å². The molecule has 8 N–H and O–H groups in total. The van der Waals surface area contributed by atoms with Gasteiger partial charge in [0.25, 0.3) is 5.56 Å². The minimum Gasteiger partial charge on any atom is -0.387 e. The predicted molar refractivity (Wildman–Crippen MR) is 146 cm³/mol. The third-order valence-corrected chi connectivity index (χ3v) is 9.99. The highest BCUT2D eigenvalue weighted by Gasteiger charge is 2.54. The number of imidazole rings is 2. The molecule has 4 aromatic heterocycles. The minimum absolute atomic E-state index is 0.0182. The Bertz CT molecular complexity index is 1940. The summed E-state index contributed by atoms with van der Waals surface area (Å²) in [6, 6.07) is 0. The molecule has 3 aliphatic heterocycles. The maximum atomic E-state index is 15.9. The highest BCUT2D eigenvalue weighted by Crippen LogP contribution is 2.54. The number of nitrogens with one attached hydrogen (secondary N) is 1. The molecule has 3 fully saturated rings. The third-order valence-electron chi connectivity index (χ3n) is 7.61. The summed E-state index contributed by atoms with van der Waals surface area (Å²) in [5, 5.41) is 11.0. The Balaban J connectivity index is 1.21. The number of anilines is 2. The van der Waals surface area contributed by atoms with Crippen LogP contribution in [0, 0.1) is 0 Å². The molecule has 21 nitrogen and oxygen atoms in total. The van der Waals surface area contributed by atoms with E-state index >= 15 is 4.39 Å². The molecule has 242 valence electrons. The summed E-state index contributed by atoms with van der Waals surface area (Å²) in [5.41, 5.74) is 10.8. The molecule has 3 aliphatic rings. The highest BCUT2D eigenvalue weighted by atomic mass is 31.2. The van der Waals surface area contributed by atoms with E-state index in [4.69, 9.17) is 34.5 Å². The number of H-pyrrole nitrogens is 1.